The van der Waals surface area contributed by atoms with E-state index in [1.807, 2.05) is 6.92 Å². The number of benzene rings is 1. The van der Waals surface area contributed by atoms with Crippen LogP contribution >= 0.6 is 11.6 Å². The minimum atomic E-state index is -0.644. The van der Waals surface area contributed by atoms with Crippen LogP contribution in [0, 0.1) is 6.92 Å². The van der Waals surface area contributed by atoms with Crippen LogP contribution in [0.4, 0.5) is 5.69 Å². The molecule has 2 rings (SSSR count). The Morgan fingerprint density at radius 3 is 2.31 bits per heavy atom. The van der Waals surface area contributed by atoms with Gasteiger partial charge in [-0.25, -0.2) is 9.78 Å². The van der Waals surface area contributed by atoms with Crippen LogP contribution < -0.4 is 19.5 Å². The van der Waals surface area contributed by atoms with Crippen LogP contribution in [0.25, 0.3) is 0 Å². The van der Waals surface area contributed by atoms with E-state index in [1.165, 1.54) is 21.3 Å². The zero-order valence-electron chi connectivity index (χ0n) is 17.0. The Hall–Kier alpha value is -2.71. The highest BCUT2D eigenvalue weighted by molar-refractivity contribution is 6.31. The fraction of sp³-hybridized carbons (Fsp3) is 0.400. The average molecular weight is 425 g/mol. The first kappa shape index (κ1) is 22.6. The molecule has 9 heteroatoms. The van der Waals surface area contributed by atoms with Gasteiger partial charge < -0.3 is 29.4 Å². The first-order valence-electron chi connectivity index (χ1n) is 8.95. The number of hydrogen-bond donors (Lipinski definition) is 2. The molecule has 1 aromatic carbocycles. The molecule has 0 amide bonds. The van der Waals surface area contributed by atoms with Crippen molar-refractivity contribution in [2.24, 2.45) is 0 Å². The highest BCUT2D eigenvalue weighted by Crippen LogP contribution is 2.43. The maximum absolute atomic E-state index is 12.5. The minimum absolute atomic E-state index is 0.00562. The number of aromatic nitrogens is 1. The van der Waals surface area contributed by atoms with Crippen LogP contribution in [0.15, 0.2) is 18.2 Å². The summed E-state index contributed by atoms with van der Waals surface area (Å²) in [6, 6.07) is 4.55. The summed E-state index contributed by atoms with van der Waals surface area (Å²) in [6.07, 6.45) is 0.646. The number of hydrogen-bond acceptors (Lipinski definition) is 8. The summed E-state index contributed by atoms with van der Waals surface area (Å²) in [4.78, 5) is 16.9. The van der Waals surface area contributed by atoms with E-state index < -0.39 is 5.97 Å². The number of carbonyl (C=O) groups excluding carboxylic acids is 1. The van der Waals surface area contributed by atoms with Gasteiger partial charge in [-0.15, -0.1) is 0 Å². The van der Waals surface area contributed by atoms with Gasteiger partial charge in [-0.2, -0.15) is 0 Å². The van der Waals surface area contributed by atoms with E-state index in [0.717, 1.165) is 0 Å². The van der Waals surface area contributed by atoms with Crippen molar-refractivity contribution < 1.29 is 28.8 Å². The second-order valence-electron chi connectivity index (χ2n) is 6.16. The van der Waals surface area contributed by atoms with Gasteiger partial charge in [0.05, 0.1) is 33.6 Å². The van der Waals surface area contributed by atoms with Crippen molar-refractivity contribution in [2.75, 3.05) is 33.3 Å². The lowest BCUT2D eigenvalue weighted by atomic mass is 10.1. The van der Waals surface area contributed by atoms with Crippen LogP contribution in [-0.2, 0) is 4.74 Å². The summed E-state index contributed by atoms with van der Waals surface area (Å²) in [6.45, 7) is 3.57. The third-order valence-electron chi connectivity index (χ3n) is 4.20. The molecule has 0 radical (unpaired) electrons. The SMILES string of the molecule is CCC(CO)Nc1cc(C)nc(Oc2c(OC)cc(Cl)cc2OC)c1C(=O)OC. The summed E-state index contributed by atoms with van der Waals surface area (Å²) in [5.74, 6) is 0.193. The number of anilines is 1. The number of esters is 1. The number of rotatable bonds is 9. The molecule has 29 heavy (non-hydrogen) atoms. The molecule has 0 fully saturated rings. The van der Waals surface area contributed by atoms with Gasteiger partial charge in [0.2, 0.25) is 11.6 Å². The number of ether oxygens (including phenoxy) is 4. The van der Waals surface area contributed by atoms with Gasteiger partial charge in [0.1, 0.15) is 5.56 Å². The van der Waals surface area contributed by atoms with Crippen LogP contribution in [0.5, 0.6) is 23.1 Å². The zero-order chi connectivity index (χ0) is 21.6. The van der Waals surface area contributed by atoms with Crippen LogP contribution in [0.3, 0.4) is 0 Å². The molecule has 0 saturated carbocycles. The molecule has 1 aromatic heterocycles. The molecule has 0 bridgehead atoms. The van der Waals surface area contributed by atoms with Crippen LogP contribution in [-0.4, -0.2) is 50.0 Å². The summed E-state index contributed by atoms with van der Waals surface area (Å²) >= 11 is 6.09. The summed E-state index contributed by atoms with van der Waals surface area (Å²) in [7, 11) is 4.19. The smallest absolute Gasteiger partial charge is 0.345 e. The first-order chi connectivity index (χ1) is 13.9. The molecule has 8 nitrogen and oxygen atoms in total. The normalized spacial score (nSPS) is 11.6. The molecule has 1 heterocycles. The standard InChI is InChI=1S/C20H25ClN2O6/c1-6-13(10-24)23-14-7-11(2)22-19(17(14)20(25)28-5)29-18-15(26-3)8-12(21)9-16(18)27-4/h7-9,13,24H,6,10H2,1-5H3,(H,22,23). The number of aliphatic hydroxyl groups is 1. The van der Waals surface area contributed by atoms with Gasteiger partial charge in [0, 0.05) is 28.9 Å². The number of carbonyl (C=O) groups is 1. The van der Waals surface area contributed by atoms with Gasteiger partial charge in [-0.05, 0) is 19.4 Å². The molecular formula is C20H25ClN2O6. The molecule has 2 N–H and O–H groups in total. The Kier molecular flexibility index (Phi) is 7.92. The van der Waals surface area contributed by atoms with Crippen molar-refractivity contribution in [2.45, 2.75) is 26.3 Å². The topological polar surface area (TPSA) is 99.1 Å². The Balaban J connectivity index is 2.64. The monoisotopic (exact) mass is 424 g/mol. The van der Waals surface area contributed by atoms with Gasteiger partial charge in [-0.1, -0.05) is 18.5 Å². The number of methoxy groups -OCH3 is 3. The third kappa shape index (κ3) is 5.21. The number of aliphatic hydroxyl groups excluding tert-OH is 1. The number of nitrogens with zero attached hydrogens (tertiary/aromatic N) is 1. The van der Waals surface area contributed by atoms with Crippen LogP contribution in [0.2, 0.25) is 5.02 Å². The molecule has 0 aliphatic carbocycles. The fourth-order valence-electron chi connectivity index (χ4n) is 2.67. The van der Waals surface area contributed by atoms with E-state index in [9.17, 15) is 9.90 Å². The predicted molar refractivity (Wildman–Crippen MR) is 110 cm³/mol. The average Bonchev–Trinajstić information content (AvgIpc) is 2.71. The Bertz CT molecular complexity index is 845. The first-order valence-corrected chi connectivity index (χ1v) is 9.32. The molecule has 0 saturated heterocycles. The lowest BCUT2D eigenvalue weighted by Gasteiger charge is -2.21. The second-order valence-corrected chi connectivity index (χ2v) is 6.59. The third-order valence-corrected chi connectivity index (χ3v) is 4.42. The van der Waals surface area contributed by atoms with Gasteiger partial charge >= 0.3 is 5.97 Å². The number of pyridine rings is 1. The van der Waals surface area contributed by atoms with E-state index in [2.05, 4.69) is 10.3 Å². The molecule has 0 spiro atoms. The lowest BCUT2D eigenvalue weighted by molar-refractivity contribution is 0.0598. The van der Waals surface area contributed by atoms with Crippen molar-refractivity contribution in [3.63, 3.8) is 0 Å². The zero-order valence-corrected chi connectivity index (χ0v) is 17.8. The second kappa shape index (κ2) is 10.2. The predicted octanol–water partition coefficient (Wildman–Crippen LogP) is 3.82. The summed E-state index contributed by atoms with van der Waals surface area (Å²) in [5, 5.41) is 13.1. The molecule has 158 valence electrons. The molecule has 1 unspecified atom stereocenters. The van der Waals surface area contributed by atoms with Gasteiger partial charge in [0.25, 0.3) is 0 Å². The van der Waals surface area contributed by atoms with E-state index in [0.29, 0.717) is 34.3 Å². The van der Waals surface area contributed by atoms with Crippen molar-refractivity contribution in [3.05, 3.63) is 34.5 Å². The van der Waals surface area contributed by atoms with E-state index in [-0.39, 0.29) is 29.8 Å². The Morgan fingerprint density at radius 2 is 1.83 bits per heavy atom. The van der Waals surface area contributed by atoms with Crippen molar-refractivity contribution in [1.82, 2.24) is 4.98 Å². The highest BCUT2D eigenvalue weighted by atomic mass is 35.5. The molecule has 0 aliphatic rings. The lowest BCUT2D eigenvalue weighted by Crippen LogP contribution is -2.24. The maximum Gasteiger partial charge on any atom is 0.345 e. The Labute approximate surface area is 174 Å². The molecular weight excluding hydrogens is 400 g/mol. The molecule has 1 atom stereocenters. The van der Waals surface area contributed by atoms with Gasteiger partial charge in [0.15, 0.2) is 11.5 Å². The van der Waals surface area contributed by atoms with Crippen molar-refractivity contribution >= 4 is 23.3 Å². The minimum Gasteiger partial charge on any atom is -0.493 e. The summed E-state index contributed by atoms with van der Waals surface area (Å²) in [5.41, 5.74) is 1.12. The van der Waals surface area contributed by atoms with E-state index in [4.69, 9.17) is 30.5 Å². The highest BCUT2D eigenvalue weighted by Gasteiger charge is 2.25. The van der Waals surface area contributed by atoms with Crippen molar-refractivity contribution in [3.8, 4) is 23.1 Å². The molecule has 2 aromatic rings. The largest absolute Gasteiger partial charge is 0.493 e. The number of halogens is 1. The van der Waals surface area contributed by atoms with Crippen LogP contribution in [0.1, 0.15) is 29.4 Å². The quantitative estimate of drug-likeness (QED) is 0.586. The number of aryl methyl sites for hydroxylation is 1. The number of nitrogens with one attached hydrogen (secondary N) is 1. The maximum atomic E-state index is 12.5. The van der Waals surface area contributed by atoms with E-state index in [1.54, 1.807) is 25.1 Å². The fourth-order valence-corrected chi connectivity index (χ4v) is 2.87. The van der Waals surface area contributed by atoms with Crippen molar-refractivity contribution in [1.29, 1.82) is 0 Å². The summed E-state index contributed by atoms with van der Waals surface area (Å²) < 4.78 is 21.6. The Morgan fingerprint density at radius 1 is 1.21 bits per heavy atom. The van der Waals surface area contributed by atoms with Gasteiger partial charge in [-0.3, -0.25) is 0 Å². The van der Waals surface area contributed by atoms with E-state index >= 15 is 0 Å². The molecule has 0 aliphatic heterocycles.